The molecule has 0 spiro atoms. The van der Waals surface area contributed by atoms with Crippen LogP contribution in [0.5, 0.6) is 0 Å². The number of morpholine rings is 1. The zero-order valence-corrected chi connectivity index (χ0v) is 13.0. The molecule has 6 heteroatoms. The first-order valence-corrected chi connectivity index (χ1v) is 7.90. The fourth-order valence-electron chi connectivity index (χ4n) is 3.36. The van der Waals surface area contributed by atoms with Gasteiger partial charge >= 0.3 is 12.0 Å². The summed E-state index contributed by atoms with van der Waals surface area (Å²) in [5.41, 5.74) is 0. The number of hydrogen-bond acceptors (Lipinski definition) is 3. The van der Waals surface area contributed by atoms with Crippen molar-refractivity contribution in [2.75, 3.05) is 19.6 Å². The molecule has 2 heterocycles. The number of carbonyl (C=O) groups excluding carboxylic acids is 1. The summed E-state index contributed by atoms with van der Waals surface area (Å²) in [6.07, 6.45) is 3.78. The van der Waals surface area contributed by atoms with Gasteiger partial charge in [-0.3, -0.25) is 4.79 Å². The number of carboxylic acid groups (broad SMARTS) is 1. The van der Waals surface area contributed by atoms with Gasteiger partial charge in [-0.05, 0) is 39.5 Å². The molecule has 3 atom stereocenters. The van der Waals surface area contributed by atoms with Crippen LogP contribution in [-0.4, -0.2) is 64.8 Å². The highest BCUT2D eigenvalue weighted by Gasteiger charge is 2.33. The Bertz CT molecular complexity index is 378. The van der Waals surface area contributed by atoms with Crippen LogP contribution >= 0.6 is 0 Å². The smallest absolute Gasteiger partial charge is 0.320 e. The minimum atomic E-state index is -0.790. The van der Waals surface area contributed by atoms with Crippen LogP contribution in [0.25, 0.3) is 0 Å². The number of likely N-dealkylation sites (tertiary alicyclic amines) is 1. The first-order chi connectivity index (χ1) is 9.97. The number of hydrogen-bond donors (Lipinski definition) is 1. The van der Waals surface area contributed by atoms with E-state index in [9.17, 15) is 9.59 Å². The molecule has 2 aliphatic rings. The Kier molecular flexibility index (Phi) is 5.45. The molecule has 2 fully saturated rings. The predicted molar refractivity (Wildman–Crippen MR) is 78.2 cm³/mol. The number of carboxylic acids is 1. The van der Waals surface area contributed by atoms with Gasteiger partial charge in [0.2, 0.25) is 0 Å². The predicted octanol–water partition coefficient (Wildman–Crippen LogP) is 1.93. The van der Waals surface area contributed by atoms with Gasteiger partial charge in [-0.25, -0.2) is 4.79 Å². The largest absolute Gasteiger partial charge is 0.481 e. The lowest BCUT2D eigenvalue weighted by atomic mass is 9.98. The van der Waals surface area contributed by atoms with Gasteiger partial charge in [0.05, 0.1) is 12.2 Å². The Morgan fingerprint density at radius 2 is 1.86 bits per heavy atom. The molecule has 0 aromatic carbocycles. The maximum absolute atomic E-state index is 12.7. The highest BCUT2D eigenvalue weighted by molar-refractivity contribution is 5.75. The minimum Gasteiger partial charge on any atom is -0.481 e. The molecule has 1 unspecified atom stereocenters. The van der Waals surface area contributed by atoms with Gasteiger partial charge in [0, 0.05) is 32.1 Å². The average Bonchev–Trinajstić information content (AvgIpc) is 2.43. The molecule has 2 saturated heterocycles. The summed E-state index contributed by atoms with van der Waals surface area (Å²) in [7, 11) is 0. The van der Waals surface area contributed by atoms with Crippen LogP contribution in [0.1, 0.15) is 46.0 Å². The molecule has 6 nitrogen and oxygen atoms in total. The standard InChI is InChI=1S/C15H26N2O4/c1-11-9-16(10-12(2)21-11)15(20)17-8-4-3-5-13(17)6-7-14(18)19/h11-13H,3-10H2,1-2H3,(H,18,19)/t11-,12+,13?. The normalized spacial score (nSPS) is 30.3. The zero-order valence-electron chi connectivity index (χ0n) is 13.0. The topological polar surface area (TPSA) is 70.1 Å². The number of nitrogens with zero attached hydrogens (tertiary/aromatic N) is 2. The summed E-state index contributed by atoms with van der Waals surface area (Å²) < 4.78 is 5.67. The van der Waals surface area contributed by atoms with Crippen LogP contribution in [0.4, 0.5) is 4.79 Å². The van der Waals surface area contributed by atoms with Crippen molar-refractivity contribution in [1.29, 1.82) is 0 Å². The molecular formula is C15H26N2O4. The van der Waals surface area contributed by atoms with Gasteiger partial charge in [0.25, 0.3) is 0 Å². The van der Waals surface area contributed by atoms with Crippen molar-refractivity contribution < 1.29 is 19.4 Å². The van der Waals surface area contributed by atoms with E-state index in [-0.39, 0.29) is 30.7 Å². The van der Waals surface area contributed by atoms with Crippen molar-refractivity contribution in [1.82, 2.24) is 9.80 Å². The second-order valence-electron chi connectivity index (χ2n) is 6.22. The lowest BCUT2D eigenvalue weighted by Crippen LogP contribution is -2.56. The number of ether oxygens (including phenoxy) is 1. The second-order valence-corrected chi connectivity index (χ2v) is 6.22. The van der Waals surface area contributed by atoms with E-state index >= 15 is 0 Å². The molecule has 2 aliphatic heterocycles. The molecule has 0 bridgehead atoms. The Morgan fingerprint density at radius 1 is 1.19 bits per heavy atom. The highest BCUT2D eigenvalue weighted by atomic mass is 16.5. The summed E-state index contributed by atoms with van der Waals surface area (Å²) in [5, 5.41) is 8.86. The number of carbonyl (C=O) groups is 2. The first-order valence-electron chi connectivity index (χ1n) is 7.90. The van der Waals surface area contributed by atoms with E-state index in [4.69, 9.17) is 9.84 Å². The van der Waals surface area contributed by atoms with Gasteiger partial charge < -0.3 is 19.6 Å². The van der Waals surface area contributed by atoms with Crippen LogP contribution in [0.15, 0.2) is 0 Å². The van der Waals surface area contributed by atoms with Crippen LogP contribution in [-0.2, 0) is 9.53 Å². The van der Waals surface area contributed by atoms with Crippen LogP contribution in [0.2, 0.25) is 0 Å². The van der Waals surface area contributed by atoms with Crippen molar-refractivity contribution in [3.05, 3.63) is 0 Å². The molecule has 2 rings (SSSR count). The average molecular weight is 298 g/mol. The fourth-order valence-corrected chi connectivity index (χ4v) is 3.36. The Labute approximate surface area is 126 Å². The third kappa shape index (κ3) is 4.33. The van der Waals surface area contributed by atoms with Crippen LogP contribution < -0.4 is 0 Å². The van der Waals surface area contributed by atoms with Gasteiger partial charge in [-0.1, -0.05) is 0 Å². The Hall–Kier alpha value is -1.30. The monoisotopic (exact) mass is 298 g/mol. The van der Waals surface area contributed by atoms with Gasteiger partial charge in [-0.2, -0.15) is 0 Å². The minimum absolute atomic E-state index is 0.0482. The molecule has 21 heavy (non-hydrogen) atoms. The number of amides is 2. The third-order valence-electron chi connectivity index (χ3n) is 4.25. The summed E-state index contributed by atoms with van der Waals surface area (Å²) in [6, 6.07) is 0.114. The zero-order chi connectivity index (χ0) is 15.4. The molecule has 2 amide bonds. The summed E-state index contributed by atoms with van der Waals surface area (Å²) >= 11 is 0. The van der Waals surface area contributed by atoms with Crippen molar-refractivity contribution in [3.8, 4) is 0 Å². The maximum Gasteiger partial charge on any atom is 0.320 e. The van der Waals surface area contributed by atoms with E-state index in [2.05, 4.69) is 0 Å². The van der Waals surface area contributed by atoms with Crippen molar-refractivity contribution in [3.63, 3.8) is 0 Å². The molecule has 0 aromatic rings. The van der Waals surface area contributed by atoms with E-state index in [0.717, 1.165) is 25.8 Å². The lowest BCUT2D eigenvalue weighted by Gasteiger charge is -2.42. The molecule has 0 aromatic heterocycles. The number of piperidine rings is 1. The first kappa shape index (κ1) is 16.1. The van der Waals surface area contributed by atoms with E-state index in [1.54, 1.807) is 0 Å². The van der Waals surface area contributed by atoms with Crippen LogP contribution in [0, 0.1) is 0 Å². The van der Waals surface area contributed by atoms with E-state index in [1.165, 1.54) is 0 Å². The van der Waals surface area contributed by atoms with Crippen molar-refractivity contribution in [2.24, 2.45) is 0 Å². The van der Waals surface area contributed by atoms with Crippen molar-refractivity contribution in [2.45, 2.75) is 64.2 Å². The second kappa shape index (κ2) is 7.11. The number of rotatable bonds is 3. The molecule has 120 valence electrons. The Morgan fingerprint density at radius 3 is 2.48 bits per heavy atom. The molecule has 0 radical (unpaired) electrons. The number of aliphatic carboxylic acids is 1. The lowest BCUT2D eigenvalue weighted by molar-refractivity contribution is -0.137. The van der Waals surface area contributed by atoms with E-state index in [0.29, 0.717) is 19.5 Å². The molecular weight excluding hydrogens is 272 g/mol. The summed E-state index contributed by atoms with van der Waals surface area (Å²) in [6.45, 7) is 5.93. The fraction of sp³-hybridized carbons (Fsp3) is 0.867. The Balaban J connectivity index is 1.98. The van der Waals surface area contributed by atoms with Gasteiger partial charge in [0.15, 0.2) is 0 Å². The maximum atomic E-state index is 12.7. The molecule has 1 N–H and O–H groups in total. The molecule has 0 aliphatic carbocycles. The quantitative estimate of drug-likeness (QED) is 0.864. The van der Waals surface area contributed by atoms with E-state index in [1.807, 2.05) is 23.6 Å². The summed E-state index contributed by atoms with van der Waals surface area (Å²) in [4.78, 5) is 27.3. The molecule has 0 saturated carbocycles. The number of urea groups is 1. The van der Waals surface area contributed by atoms with Gasteiger partial charge in [0.1, 0.15) is 0 Å². The SMILES string of the molecule is C[C@@H]1CN(C(=O)N2CCCCC2CCC(=O)O)C[C@H](C)O1. The summed E-state index contributed by atoms with van der Waals surface area (Å²) in [5.74, 6) is -0.790. The highest BCUT2D eigenvalue weighted by Crippen LogP contribution is 2.23. The third-order valence-corrected chi connectivity index (χ3v) is 4.25. The van der Waals surface area contributed by atoms with E-state index < -0.39 is 5.97 Å². The van der Waals surface area contributed by atoms with Crippen molar-refractivity contribution >= 4 is 12.0 Å². The van der Waals surface area contributed by atoms with Gasteiger partial charge in [-0.15, -0.1) is 0 Å². The van der Waals surface area contributed by atoms with Crippen LogP contribution in [0.3, 0.4) is 0 Å².